The zero-order chi connectivity index (χ0) is 17.5. The highest BCUT2D eigenvalue weighted by atomic mass is 16.1. The summed E-state index contributed by atoms with van der Waals surface area (Å²) in [6.07, 6.45) is 5.30. The van der Waals surface area contributed by atoms with Crippen molar-refractivity contribution >= 4 is 22.1 Å². The molecule has 2 N–H and O–H groups in total. The first kappa shape index (κ1) is 14.6. The number of H-pyrrole nitrogens is 2. The standard InChI is InChI=1S/C21H14N4O/c26-18-8-10-23-21-16(18)11-15(19(25-21)13-5-2-1-3-6-13)17-12-24-20-14(17)7-4-9-22-20/h1-12H,(H,22,24)(H,23,25,26). The first-order chi connectivity index (χ1) is 12.8. The van der Waals surface area contributed by atoms with Crippen molar-refractivity contribution in [3.8, 4) is 22.4 Å². The predicted octanol–water partition coefficient (Wildman–Crippen LogP) is 4.13. The van der Waals surface area contributed by atoms with Gasteiger partial charge in [-0.05, 0) is 18.2 Å². The van der Waals surface area contributed by atoms with Crippen molar-refractivity contribution in [2.75, 3.05) is 0 Å². The van der Waals surface area contributed by atoms with Crippen LogP contribution in [0.5, 0.6) is 0 Å². The molecule has 26 heavy (non-hydrogen) atoms. The largest absolute Gasteiger partial charge is 0.346 e. The van der Waals surface area contributed by atoms with Crippen LogP contribution >= 0.6 is 0 Å². The van der Waals surface area contributed by atoms with Crippen molar-refractivity contribution in [1.82, 2.24) is 19.9 Å². The maximum atomic E-state index is 12.3. The molecule has 0 saturated carbocycles. The average Bonchev–Trinajstić information content (AvgIpc) is 3.12. The van der Waals surface area contributed by atoms with Crippen LogP contribution in [0.4, 0.5) is 0 Å². The van der Waals surface area contributed by atoms with E-state index >= 15 is 0 Å². The molecule has 4 aromatic heterocycles. The van der Waals surface area contributed by atoms with E-state index in [2.05, 4.69) is 15.0 Å². The van der Waals surface area contributed by atoms with Crippen LogP contribution in [0.1, 0.15) is 0 Å². The van der Waals surface area contributed by atoms with Gasteiger partial charge < -0.3 is 9.97 Å². The fourth-order valence-corrected chi connectivity index (χ4v) is 3.30. The molecule has 5 aromatic rings. The minimum atomic E-state index is -0.0509. The molecule has 0 aliphatic heterocycles. The topological polar surface area (TPSA) is 74.4 Å². The van der Waals surface area contributed by atoms with Crippen molar-refractivity contribution in [3.05, 3.63) is 83.4 Å². The Morgan fingerprint density at radius 2 is 1.69 bits per heavy atom. The van der Waals surface area contributed by atoms with E-state index in [0.29, 0.717) is 11.0 Å². The number of hydrogen-bond acceptors (Lipinski definition) is 3. The van der Waals surface area contributed by atoms with Crippen LogP contribution in [0.15, 0.2) is 78.0 Å². The number of pyridine rings is 3. The number of hydrogen-bond donors (Lipinski definition) is 2. The van der Waals surface area contributed by atoms with Crippen molar-refractivity contribution in [2.24, 2.45) is 0 Å². The molecule has 124 valence electrons. The molecule has 0 spiro atoms. The third kappa shape index (κ3) is 2.22. The molecule has 5 heteroatoms. The lowest BCUT2D eigenvalue weighted by atomic mass is 9.98. The second-order valence-electron chi connectivity index (χ2n) is 6.09. The van der Waals surface area contributed by atoms with Crippen LogP contribution in [0.2, 0.25) is 0 Å². The highest BCUT2D eigenvalue weighted by Crippen LogP contribution is 2.35. The van der Waals surface area contributed by atoms with E-state index in [1.54, 1.807) is 12.4 Å². The monoisotopic (exact) mass is 338 g/mol. The van der Waals surface area contributed by atoms with Gasteiger partial charge in [0.25, 0.3) is 0 Å². The lowest BCUT2D eigenvalue weighted by Crippen LogP contribution is -2.03. The van der Waals surface area contributed by atoms with Gasteiger partial charge in [0, 0.05) is 46.7 Å². The van der Waals surface area contributed by atoms with Gasteiger partial charge in [-0.3, -0.25) is 4.79 Å². The summed E-state index contributed by atoms with van der Waals surface area (Å²) in [6.45, 7) is 0. The van der Waals surface area contributed by atoms with Crippen LogP contribution in [0.25, 0.3) is 44.5 Å². The fraction of sp³-hybridized carbons (Fsp3) is 0. The minimum absolute atomic E-state index is 0.0509. The normalized spacial score (nSPS) is 11.2. The summed E-state index contributed by atoms with van der Waals surface area (Å²) in [6, 6.07) is 17.3. The molecule has 0 radical (unpaired) electrons. The molecule has 0 amide bonds. The van der Waals surface area contributed by atoms with E-state index in [-0.39, 0.29) is 5.43 Å². The summed E-state index contributed by atoms with van der Waals surface area (Å²) in [5.41, 5.74) is 5.04. The second-order valence-corrected chi connectivity index (χ2v) is 6.09. The molecule has 0 unspecified atom stereocenters. The Morgan fingerprint density at radius 3 is 2.58 bits per heavy atom. The van der Waals surface area contributed by atoms with Gasteiger partial charge in [-0.25, -0.2) is 9.97 Å². The quantitative estimate of drug-likeness (QED) is 0.508. The van der Waals surface area contributed by atoms with Gasteiger partial charge in [-0.15, -0.1) is 0 Å². The molecular weight excluding hydrogens is 324 g/mol. The molecule has 0 atom stereocenters. The van der Waals surface area contributed by atoms with Crippen molar-refractivity contribution in [3.63, 3.8) is 0 Å². The van der Waals surface area contributed by atoms with Gasteiger partial charge in [0.15, 0.2) is 5.43 Å². The van der Waals surface area contributed by atoms with E-state index in [0.717, 1.165) is 33.4 Å². The number of benzene rings is 1. The molecule has 0 aliphatic carbocycles. The lowest BCUT2D eigenvalue weighted by molar-refractivity contribution is 1.28. The molecule has 0 aliphatic rings. The Kier molecular flexibility index (Phi) is 3.18. The molecule has 5 nitrogen and oxygen atoms in total. The van der Waals surface area contributed by atoms with Crippen molar-refractivity contribution < 1.29 is 0 Å². The molecule has 1 aromatic carbocycles. The maximum Gasteiger partial charge on any atom is 0.191 e. The zero-order valence-corrected chi connectivity index (χ0v) is 13.7. The van der Waals surface area contributed by atoms with Gasteiger partial charge in [0.05, 0.1) is 11.1 Å². The van der Waals surface area contributed by atoms with Crippen molar-refractivity contribution in [1.29, 1.82) is 0 Å². The van der Waals surface area contributed by atoms with E-state index in [9.17, 15) is 4.79 Å². The van der Waals surface area contributed by atoms with Crippen LogP contribution in [0, 0.1) is 0 Å². The number of nitrogens with zero attached hydrogens (tertiary/aromatic N) is 2. The molecule has 0 bridgehead atoms. The number of fused-ring (bicyclic) bond motifs is 2. The van der Waals surface area contributed by atoms with Crippen LogP contribution in [0.3, 0.4) is 0 Å². The van der Waals surface area contributed by atoms with Gasteiger partial charge >= 0.3 is 0 Å². The molecule has 0 saturated heterocycles. The van der Waals surface area contributed by atoms with Crippen molar-refractivity contribution in [2.45, 2.75) is 0 Å². The Balaban J connectivity index is 1.91. The van der Waals surface area contributed by atoms with Crippen LogP contribution < -0.4 is 5.43 Å². The van der Waals surface area contributed by atoms with Gasteiger partial charge in [-0.1, -0.05) is 30.3 Å². The van der Waals surface area contributed by atoms with E-state index in [4.69, 9.17) is 4.98 Å². The first-order valence-electron chi connectivity index (χ1n) is 8.31. The Hall–Kier alpha value is -3.73. The Bertz CT molecular complexity index is 1300. The maximum absolute atomic E-state index is 12.3. The van der Waals surface area contributed by atoms with Crippen LogP contribution in [-0.4, -0.2) is 19.9 Å². The SMILES string of the molecule is O=c1cc[nH]c2nc(-c3ccccc3)c(-c3c[nH]c4ncccc34)cc12. The zero-order valence-electron chi connectivity index (χ0n) is 13.7. The number of rotatable bonds is 2. The number of aromatic amines is 2. The molecular formula is C21H14N4O. The third-order valence-electron chi connectivity index (χ3n) is 4.53. The van der Waals surface area contributed by atoms with E-state index in [1.165, 1.54) is 6.07 Å². The first-order valence-corrected chi connectivity index (χ1v) is 8.31. The molecule has 5 rings (SSSR count). The number of aromatic nitrogens is 4. The minimum Gasteiger partial charge on any atom is -0.346 e. The summed E-state index contributed by atoms with van der Waals surface area (Å²) in [5.74, 6) is 0. The molecule has 4 heterocycles. The summed E-state index contributed by atoms with van der Waals surface area (Å²) in [4.78, 5) is 27.8. The van der Waals surface area contributed by atoms with E-state index < -0.39 is 0 Å². The second kappa shape index (κ2) is 5.67. The van der Waals surface area contributed by atoms with Gasteiger partial charge in [0.2, 0.25) is 0 Å². The smallest absolute Gasteiger partial charge is 0.191 e. The Labute approximate surface area is 148 Å². The lowest BCUT2D eigenvalue weighted by Gasteiger charge is -2.10. The summed E-state index contributed by atoms with van der Waals surface area (Å²) in [5, 5.41) is 1.57. The van der Waals surface area contributed by atoms with Gasteiger partial charge in [-0.2, -0.15) is 0 Å². The predicted molar refractivity (Wildman–Crippen MR) is 103 cm³/mol. The Morgan fingerprint density at radius 1 is 0.808 bits per heavy atom. The fourth-order valence-electron chi connectivity index (χ4n) is 3.30. The average molecular weight is 338 g/mol. The summed E-state index contributed by atoms with van der Waals surface area (Å²) >= 11 is 0. The highest BCUT2D eigenvalue weighted by molar-refractivity contribution is 6.00. The van der Waals surface area contributed by atoms with Gasteiger partial charge in [0.1, 0.15) is 11.3 Å². The summed E-state index contributed by atoms with van der Waals surface area (Å²) in [7, 11) is 0. The third-order valence-corrected chi connectivity index (χ3v) is 4.53. The van der Waals surface area contributed by atoms with Crippen LogP contribution in [-0.2, 0) is 0 Å². The number of nitrogens with one attached hydrogen (secondary N) is 2. The molecule has 0 fully saturated rings. The summed E-state index contributed by atoms with van der Waals surface area (Å²) < 4.78 is 0. The van der Waals surface area contributed by atoms with E-state index in [1.807, 2.05) is 54.7 Å². The highest BCUT2D eigenvalue weighted by Gasteiger charge is 2.16.